The van der Waals surface area contributed by atoms with Crippen LogP contribution >= 0.6 is 11.3 Å². The number of pyridine rings is 1. The van der Waals surface area contributed by atoms with E-state index in [1.165, 1.54) is 11.3 Å². The molecule has 3 aliphatic rings. The number of piperidine rings is 1. The van der Waals surface area contributed by atoms with Crippen molar-refractivity contribution >= 4 is 50.7 Å². The van der Waals surface area contributed by atoms with E-state index in [1.807, 2.05) is 106 Å². The molecule has 2 N–H and O–H groups in total. The highest BCUT2D eigenvalue weighted by molar-refractivity contribution is 7.22. The third-order valence-electron chi connectivity index (χ3n) is 11.0. The van der Waals surface area contributed by atoms with Crippen LogP contribution in [0, 0.1) is 5.92 Å². The minimum atomic E-state index is -1.47. The average molecular weight is 770 g/mol. The molecule has 13 nitrogen and oxygen atoms in total. The van der Waals surface area contributed by atoms with E-state index in [0.717, 1.165) is 52.6 Å². The second kappa shape index (κ2) is 15.1. The molecule has 3 aromatic carbocycles. The van der Waals surface area contributed by atoms with Gasteiger partial charge in [0.1, 0.15) is 12.4 Å². The van der Waals surface area contributed by atoms with Crippen molar-refractivity contribution in [1.82, 2.24) is 24.6 Å². The zero-order valence-electron chi connectivity index (χ0n) is 30.4. The SMILES string of the molecule is O=C(O)Oc1nc(N2CCc3cccc(C(=O)Nc4nc5ccccc5s4)c3C2)ccc1-c1cnn(CC2CC3CCC(C2)N3C(=O)OCc2ccccc2)c1. The maximum Gasteiger partial charge on any atom is 0.512 e. The minimum Gasteiger partial charge on any atom is -0.449 e. The standard InChI is InChI=1S/C42H39N7O6S/c50-38(46-40-44-35-11-4-5-12-36(35)56-40)33-10-6-9-28-17-18-47(24-34(28)33)37-16-15-32(39(45-37)55-42(52)53)29-21-43-48(23-29)22-27-19-30-13-14-31(20-27)49(30)41(51)54-25-26-7-2-1-3-8-26/h1-12,15-16,21,23,27,30-31H,13-14,17-20,22,24-25H2,(H,52,53)(H,44,46,50). The summed E-state index contributed by atoms with van der Waals surface area (Å²) in [7, 11) is 0. The molecule has 56 heavy (non-hydrogen) atoms. The Labute approximate surface area is 326 Å². The van der Waals surface area contributed by atoms with Crippen molar-refractivity contribution in [3.05, 3.63) is 120 Å². The lowest BCUT2D eigenvalue weighted by atomic mass is 9.91. The van der Waals surface area contributed by atoms with Crippen molar-refractivity contribution in [3.8, 4) is 17.0 Å². The van der Waals surface area contributed by atoms with Gasteiger partial charge in [-0.05, 0) is 85.0 Å². The minimum absolute atomic E-state index is 0.0393. The van der Waals surface area contributed by atoms with Crippen molar-refractivity contribution in [2.24, 2.45) is 5.92 Å². The maximum absolute atomic E-state index is 13.6. The average Bonchev–Trinajstić information content (AvgIpc) is 3.92. The van der Waals surface area contributed by atoms with E-state index in [-0.39, 0.29) is 36.6 Å². The van der Waals surface area contributed by atoms with Gasteiger partial charge in [0, 0.05) is 54.6 Å². The number of nitrogens with one attached hydrogen (secondary N) is 1. The Morgan fingerprint density at radius 2 is 1.71 bits per heavy atom. The number of fused-ring (bicyclic) bond motifs is 4. The predicted octanol–water partition coefficient (Wildman–Crippen LogP) is 8.01. The van der Waals surface area contributed by atoms with Crippen LogP contribution in [-0.4, -0.2) is 66.5 Å². The van der Waals surface area contributed by atoms with Gasteiger partial charge >= 0.3 is 12.2 Å². The number of carboxylic acid groups (broad SMARTS) is 1. The van der Waals surface area contributed by atoms with Crippen LogP contribution in [0.25, 0.3) is 21.3 Å². The fourth-order valence-corrected chi connectivity index (χ4v) is 9.33. The number of thiazole rings is 1. The number of ether oxygens (including phenoxy) is 2. The summed E-state index contributed by atoms with van der Waals surface area (Å²) in [4.78, 5) is 51.7. The molecule has 0 aliphatic carbocycles. The molecule has 6 aromatic rings. The maximum atomic E-state index is 13.6. The molecule has 0 saturated carbocycles. The van der Waals surface area contributed by atoms with E-state index >= 15 is 0 Å². The van der Waals surface area contributed by atoms with Crippen LogP contribution in [0.3, 0.4) is 0 Å². The number of anilines is 2. The number of carbonyl (C=O) groups is 3. The summed E-state index contributed by atoms with van der Waals surface area (Å²) in [5.74, 6) is 0.581. The van der Waals surface area contributed by atoms with Crippen LogP contribution in [-0.2, 0) is 30.9 Å². The lowest BCUT2D eigenvalue weighted by Gasteiger charge is -2.38. The van der Waals surface area contributed by atoms with E-state index in [1.54, 1.807) is 6.20 Å². The van der Waals surface area contributed by atoms with E-state index in [4.69, 9.17) is 14.5 Å². The van der Waals surface area contributed by atoms with Crippen molar-refractivity contribution in [2.45, 2.75) is 63.9 Å². The summed E-state index contributed by atoms with van der Waals surface area (Å²) in [5, 5.41) is 17.8. The lowest BCUT2D eigenvalue weighted by molar-refractivity contribution is 0.0502. The Morgan fingerprint density at radius 1 is 0.911 bits per heavy atom. The normalized spacial score (nSPS) is 18.8. The predicted molar refractivity (Wildman–Crippen MR) is 211 cm³/mol. The number of carbonyl (C=O) groups excluding carboxylic acids is 2. The van der Waals surface area contributed by atoms with Crippen LogP contribution < -0.4 is 15.0 Å². The highest BCUT2D eigenvalue weighted by Gasteiger charge is 2.44. The molecule has 0 radical (unpaired) electrons. The fraction of sp³-hybridized carbons (Fsp3) is 0.286. The Hall–Kier alpha value is -6.28. The van der Waals surface area contributed by atoms with Gasteiger partial charge in [-0.25, -0.2) is 14.6 Å². The van der Waals surface area contributed by atoms with Gasteiger partial charge < -0.3 is 24.4 Å². The summed E-state index contributed by atoms with van der Waals surface area (Å²) >= 11 is 1.43. The van der Waals surface area contributed by atoms with Crippen molar-refractivity contribution in [3.63, 3.8) is 0 Å². The number of amides is 2. The highest BCUT2D eigenvalue weighted by Crippen LogP contribution is 2.40. The molecule has 2 fully saturated rings. The molecule has 2 atom stereocenters. The van der Waals surface area contributed by atoms with Gasteiger partial charge in [0.15, 0.2) is 5.13 Å². The monoisotopic (exact) mass is 769 g/mol. The first-order chi connectivity index (χ1) is 27.3. The van der Waals surface area contributed by atoms with Gasteiger partial charge in [-0.2, -0.15) is 10.1 Å². The number of rotatable bonds is 9. The summed E-state index contributed by atoms with van der Waals surface area (Å²) in [6.07, 6.45) is 6.19. The number of hydrogen-bond acceptors (Lipinski definition) is 10. The molecule has 2 saturated heterocycles. The lowest BCUT2D eigenvalue weighted by Crippen LogP contribution is -2.47. The van der Waals surface area contributed by atoms with Crippen LogP contribution in [0.2, 0.25) is 0 Å². The first-order valence-corrected chi connectivity index (χ1v) is 19.6. The molecule has 6 heterocycles. The van der Waals surface area contributed by atoms with E-state index < -0.39 is 6.16 Å². The second-order valence-electron chi connectivity index (χ2n) is 14.6. The fourth-order valence-electron chi connectivity index (χ4n) is 8.46. The van der Waals surface area contributed by atoms with Crippen LogP contribution in [0.4, 0.5) is 20.5 Å². The Kier molecular flexibility index (Phi) is 9.55. The molecule has 2 amide bonds. The first kappa shape index (κ1) is 35.4. The third kappa shape index (κ3) is 7.27. The second-order valence-corrected chi connectivity index (χ2v) is 15.6. The molecular weight excluding hydrogens is 731 g/mol. The molecule has 2 unspecified atom stereocenters. The number of benzene rings is 3. The molecule has 9 rings (SSSR count). The number of aromatic nitrogens is 4. The summed E-state index contributed by atoms with van der Waals surface area (Å²) < 4.78 is 13.8. The topological polar surface area (TPSA) is 152 Å². The third-order valence-corrected chi connectivity index (χ3v) is 12.0. The van der Waals surface area contributed by atoms with Crippen LogP contribution in [0.15, 0.2) is 97.3 Å². The van der Waals surface area contributed by atoms with Gasteiger partial charge in [0.05, 0.1) is 16.4 Å². The molecule has 3 aromatic heterocycles. The van der Waals surface area contributed by atoms with E-state index in [9.17, 15) is 19.5 Å². The van der Waals surface area contributed by atoms with E-state index in [0.29, 0.717) is 59.6 Å². The Bertz CT molecular complexity index is 2390. The smallest absolute Gasteiger partial charge is 0.449 e. The summed E-state index contributed by atoms with van der Waals surface area (Å²) in [6.45, 7) is 1.96. The van der Waals surface area contributed by atoms with Gasteiger partial charge in [-0.15, -0.1) is 0 Å². The zero-order valence-corrected chi connectivity index (χ0v) is 31.2. The van der Waals surface area contributed by atoms with E-state index in [2.05, 4.69) is 15.4 Å². The molecular formula is C42H39N7O6S. The van der Waals surface area contributed by atoms with Crippen molar-refractivity contribution in [1.29, 1.82) is 0 Å². The number of para-hydroxylation sites is 1. The molecule has 2 bridgehead atoms. The van der Waals surface area contributed by atoms with Crippen LogP contribution in [0.5, 0.6) is 5.88 Å². The van der Waals surface area contributed by atoms with Gasteiger partial charge in [-0.1, -0.05) is 65.9 Å². The molecule has 3 aliphatic heterocycles. The van der Waals surface area contributed by atoms with Gasteiger partial charge in [0.25, 0.3) is 5.91 Å². The summed E-state index contributed by atoms with van der Waals surface area (Å²) in [6, 6.07) is 27.1. The highest BCUT2D eigenvalue weighted by atomic mass is 32.1. The quantitative estimate of drug-likeness (QED) is 0.138. The van der Waals surface area contributed by atoms with Gasteiger partial charge in [0.2, 0.25) is 5.88 Å². The number of hydrogen-bond donors (Lipinski definition) is 2. The molecule has 0 spiro atoms. The van der Waals surface area contributed by atoms with Crippen molar-refractivity contribution < 1.29 is 29.0 Å². The van der Waals surface area contributed by atoms with Crippen LogP contribution in [0.1, 0.15) is 52.7 Å². The Balaban J connectivity index is 0.876. The molecule has 14 heteroatoms. The zero-order chi connectivity index (χ0) is 38.2. The van der Waals surface area contributed by atoms with Gasteiger partial charge in [-0.3, -0.25) is 14.8 Å². The largest absolute Gasteiger partial charge is 0.512 e. The molecule has 284 valence electrons. The Morgan fingerprint density at radius 3 is 2.52 bits per heavy atom. The number of nitrogens with zero attached hydrogens (tertiary/aromatic N) is 6. The van der Waals surface area contributed by atoms with Crippen molar-refractivity contribution in [2.75, 3.05) is 16.8 Å². The first-order valence-electron chi connectivity index (χ1n) is 18.8. The summed E-state index contributed by atoms with van der Waals surface area (Å²) in [5.41, 5.74) is 5.50.